The van der Waals surface area contributed by atoms with E-state index >= 15 is 0 Å². The first-order valence-electron chi connectivity index (χ1n) is 11.2. The molecule has 5 heteroatoms. The molecule has 0 fully saturated rings. The maximum Gasteiger partial charge on any atom is 0.219 e. The first-order valence-corrected chi connectivity index (χ1v) is 13.0. The quantitative estimate of drug-likeness (QED) is 0.139. The number of halogens is 2. The van der Waals surface area contributed by atoms with Crippen LogP contribution >= 0.6 is 31.9 Å². The van der Waals surface area contributed by atoms with Gasteiger partial charge in [0.25, 0.3) is 0 Å². The Morgan fingerprint density at radius 3 is 1.89 bits per heavy atom. The normalized spacial score (nSPS) is 13.5. The van der Waals surface area contributed by atoms with E-state index in [0.29, 0.717) is 22.7 Å². The summed E-state index contributed by atoms with van der Waals surface area (Å²) in [5.74, 6) is 0.184. The van der Waals surface area contributed by atoms with Crippen molar-refractivity contribution in [2.24, 2.45) is 0 Å². The van der Waals surface area contributed by atoms with Crippen LogP contribution in [0.2, 0.25) is 0 Å². The summed E-state index contributed by atoms with van der Waals surface area (Å²) in [4.78, 5) is 12.8. The van der Waals surface area contributed by atoms with Crippen LogP contribution in [0, 0.1) is 0 Å². The summed E-state index contributed by atoms with van der Waals surface area (Å²) in [7, 11) is 1.69. The van der Waals surface area contributed by atoms with Crippen LogP contribution < -0.4 is 5.32 Å². The summed E-state index contributed by atoms with van der Waals surface area (Å²) in [5, 5.41) is 2.95. The lowest BCUT2D eigenvalue weighted by Gasteiger charge is -2.16. The molecule has 0 spiro atoms. The Labute approximate surface area is 185 Å². The number of methoxy groups -OCH3 is 1. The summed E-state index contributed by atoms with van der Waals surface area (Å²) in [6.07, 6.45) is 18.3. The zero-order chi connectivity index (χ0) is 20.2. The number of hydrogen-bond acceptors (Lipinski definition) is 2. The van der Waals surface area contributed by atoms with Crippen molar-refractivity contribution < 1.29 is 9.53 Å². The van der Waals surface area contributed by atoms with Crippen molar-refractivity contribution >= 4 is 37.8 Å². The average molecular weight is 513 g/mol. The predicted octanol–water partition coefficient (Wildman–Crippen LogP) is 7.15. The Bertz CT molecular complexity index is 329. The molecular formula is C22H43Br2NO2. The number of hydrogen-bond donors (Lipinski definition) is 1. The maximum absolute atomic E-state index is 11.7. The largest absolute Gasteiger partial charge is 0.385 e. The van der Waals surface area contributed by atoms with Gasteiger partial charge in [0.05, 0.1) is 0 Å². The smallest absolute Gasteiger partial charge is 0.219 e. The number of nitrogens with one attached hydrogen (secondary N) is 1. The van der Waals surface area contributed by atoms with E-state index < -0.39 is 0 Å². The number of ether oxygens (including phenoxy) is 1. The number of carbonyl (C=O) groups is 1. The molecule has 0 aliphatic carbocycles. The molecular weight excluding hydrogens is 470 g/mol. The molecule has 0 saturated carbocycles. The van der Waals surface area contributed by atoms with Crippen LogP contribution in [0.3, 0.4) is 0 Å². The van der Waals surface area contributed by atoms with Gasteiger partial charge in [0.15, 0.2) is 0 Å². The van der Waals surface area contributed by atoms with Gasteiger partial charge < -0.3 is 10.1 Å². The molecule has 3 nitrogen and oxygen atoms in total. The van der Waals surface area contributed by atoms with E-state index in [2.05, 4.69) is 44.1 Å². The zero-order valence-electron chi connectivity index (χ0n) is 17.7. The first kappa shape index (κ1) is 27.4. The van der Waals surface area contributed by atoms with Gasteiger partial charge in [0.1, 0.15) is 0 Å². The van der Waals surface area contributed by atoms with E-state index in [-0.39, 0.29) is 5.91 Å². The minimum Gasteiger partial charge on any atom is -0.385 e. The molecule has 162 valence electrons. The van der Waals surface area contributed by atoms with Crippen LogP contribution in [0.15, 0.2) is 0 Å². The van der Waals surface area contributed by atoms with Crippen molar-refractivity contribution in [2.45, 2.75) is 113 Å². The van der Waals surface area contributed by atoms with Gasteiger partial charge in [-0.15, -0.1) is 0 Å². The highest BCUT2D eigenvalue weighted by atomic mass is 79.9. The van der Waals surface area contributed by atoms with Crippen LogP contribution in [-0.2, 0) is 9.53 Å². The van der Waals surface area contributed by atoms with Gasteiger partial charge in [0, 0.05) is 36.3 Å². The molecule has 2 atom stereocenters. The van der Waals surface area contributed by atoms with E-state index in [4.69, 9.17) is 4.74 Å². The highest BCUT2D eigenvalue weighted by Crippen LogP contribution is 2.25. The minimum absolute atomic E-state index is 0.184. The molecule has 0 aromatic heterocycles. The van der Waals surface area contributed by atoms with Gasteiger partial charge in [-0.1, -0.05) is 103 Å². The molecule has 0 aliphatic rings. The minimum atomic E-state index is 0.184. The summed E-state index contributed by atoms with van der Waals surface area (Å²) in [6.45, 7) is 3.71. The molecule has 0 unspecified atom stereocenters. The van der Waals surface area contributed by atoms with Crippen LogP contribution in [0.4, 0.5) is 0 Å². The second kappa shape index (κ2) is 21.1. The van der Waals surface area contributed by atoms with Gasteiger partial charge in [-0.3, -0.25) is 4.79 Å². The molecule has 0 bridgehead atoms. The molecule has 0 saturated heterocycles. The van der Waals surface area contributed by atoms with E-state index in [1.165, 1.54) is 70.6 Å². The summed E-state index contributed by atoms with van der Waals surface area (Å²) in [6, 6.07) is 0. The summed E-state index contributed by atoms with van der Waals surface area (Å²) in [5.41, 5.74) is 0. The standard InChI is InChI=1S/C22H43Br2NO2/c1-3-4-5-6-8-11-15-20(23)21(24)16-12-9-7-10-13-17-22(26)25-18-14-19-27-2/h20-21H,3-19H2,1-2H3,(H,25,26)/t20-,21+/m1/s1. The van der Waals surface area contributed by atoms with Crippen LogP contribution in [-0.4, -0.2) is 35.8 Å². The third-order valence-corrected chi connectivity index (χ3v) is 7.86. The van der Waals surface area contributed by atoms with Crippen molar-refractivity contribution in [1.82, 2.24) is 5.32 Å². The summed E-state index contributed by atoms with van der Waals surface area (Å²) >= 11 is 7.73. The number of alkyl halides is 2. The number of rotatable bonds is 20. The second-order valence-corrected chi connectivity index (χ2v) is 9.94. The van der Waals surface area contributed by atoms with E-state index in [0.717, 1.165) is 25.8 Å². The van der Waals surface area contributed by atoms with Crippen molar-refractivity contribution in [3.8, 4) is 0 Å². The average Bonchev–Trinajstić information content (AvgIpc) is 2.66. The lowest BCUT2D eigenvalue weighted by atomic mass is 10.0. The Morgan fingerprint density at radius 2 is 1.33 bits per heavy atom. The van der Waals surface area contributed by atoms with Crippen LogP contribution in [0.5, 0.6) is 0 Å². The molecule has 0 aliphatic heterocycles. The fourth-order valence-electron chi connectivity index (χ4n) is 3.17. The van der Waals surface area contributed by atoms with Gasteiger partial charge in [-0.25, -0.2) is 0 Å². The molecule has 0 rings (SSSR count). The van der Waals surface area contributed by atoms with Crippen molar-refractivity contribution in [3.63, 3.8) is 0 Å². The van der Waals surface area contributed by atoms with Gasteiger partial charge >= 0.3 is 0 Å². The fourth-order valence-corrected chi connectivity index (χ4v) is 4.35. The van der Waals surface area contributed by atoms with E-state index in [1.54, 1.807) is 7.11 Å². The van der Waals surface area contributed by atoms with Crippen LogP contribution in [0.1, 0.15) is 103 Å². The van der Waals surface area contributed by atoms with E-state index in [1.807, 2.05) is 0 Å². The maximum atomic E-state index is 11.7. The number of amides is 1. The molecule has 0 radical (unpaired) electrons. The highest BCUT2D eigenvalue weighted by Gasteiger charge is 2.14. The van der Waals surface area contributed by atoms with Crippen molar-refractivity contribution in [2.75, 3.05) is 20.3 Å². The second-order valence-electron chi connectivity index (χ2n) is 7.59. The molecule has 1 N–H and O–H groups in total. The molecule has 0 heterocycles. The van der Waals surface area contributed by atoms with Crippen LogP contribution in [0.25, 0.3) is 0 Å². The lowest BCUT2D eigenvalue weighted by molar-refractivity contribution is -0.121. The first-order chi connectivity index (χ1) is 13.1. The Balaban J connectivity index is 3.41. The monoisotopic (exact) mass is 511 g/mol. The Kier molecular flexibility index (Phi) is 21.4. The van der Waals surface area contributed by atoms with Crippen molar-refractivity contribution in [3.05, 3.63) is 0 Å². The number of unbranched alkanes of at least 4 members (excludes halogenated alkanes) is 9. The molecule has 0 aromatic rings. The van der Waals surface area contributed by atoms with E-state index in [9.17, 15) is 4.79 Å². The van der Waals surface area contributed by atoms with Gasteiger partial charge in [0.2, 0.25) is 5.91 Å². The van der Waals surface area contributed by atoms with Gasteiger partial charge in [-0.2, -0.15) is 0 Å². The topological polar surface area (TPSA) is 38.3 Å². The SMILES string of the molecule is CCCCCCCC[C@@H](Br)[C@@H](Br)CCCCCCCC(=O)NCCCOC. The van der Waals surface area contributed by atoms with Crippen molar-refractivity contribution in [1.29, 1.82) is 0 Å². The predicted molar refractivity (Wildman–Crippen MR) is 125 cm³/mol. The molecule has 27 heavy (non-hydrogen) atoms. The Hall–Kier alpha value is 0.390. The highest BCUT2D eigenvalue weighted by molar-refractivity contribution is 9.12. The van der Waals surface area contributed by atoms with Gasteiger partial charge in [-0.05, 0) is 25.7 Å². The third-order valence-electron chi connectivity index (χ3n) is 4.96. The number of carbonyl (C=O) groups excluding carboxylic acids is 1. The zero-order valence-corrected chi connectivity index (χ0v) is 20.9. The fraction of sp³-hybridized carbons (Fsp3) is 0.955. The Morgan fingerprint density at radius 1 is 0.815 bits per heavy atom. The third kappa shape index (κ3) is 19.5. The summed E-state index contributed by atoms with van der Waals surface area (Å²) < 4.78 is 4.97. The molecule has 0 aromatic carbocycles. The lowest BCUT2D eigenvalue weighted by Crippen LogP contribution is -2.24. The molecule has 1 amide bonds.